The van der Waals surface area contributed by atoms with Crippen LogP contribution in [-0.4, -0.2) is 125 Å². The Balaban J connectivity index is 1.28. The second kappa shape index (κ2) is 19.5. The highest BCUT2D eigenvalue weighted by atomic mass is 32.1. The van der Waals surface area contributed by atoms with Crippen LogP contribution >= 0.6 is 11.3 Å². The van der Waals surface area contributed by atoms with Gasteiger partial charge < -0.3 is 42.8 Å². The minimum Gasteiger partial charge on any atom is -0.462 e. The average molecular weight is 805 g/mol. The molecule has 3 unspecified atom stereocenters. The number of rotatable bonds is 14. The number of thiazole rings is 1. The van der Waals surface area contributed by atoms with Gasteiger partial charge in [-0.3, -0.25) is 9.59 Å². The first-order valence-corrected chi connectivity index (χ1v) is 22.0. The number of ketones is 1. The standard InChI is InChI=1S/C43H68N2O10S/c1-11-27-13-12-14-35(55-38-16-15-34(45(6)7)26(5)51-38)23(2)41(47)32-19-30-29-17-28(54-43(36(50-10)21-48-8)52-25(4)24(3)49-9)18-33(29)42-40(44-22-56-42)39(30)31(32)20-37(46)53-27/h19,22-31,33-36,38-39,43H,11-18,20-21H2,1-10H3/t23-,24-,25?,26?,27+,28+,29+,30+,31-,33-,34+,35+,36+,38+,39-,43?/m1/s1. The second-order valence-electron chi connectivity index (χ2n) is 17.2. The van der Waals surface area contributed by atoms with Crippen LogP contribution in [0.4, 0.5) is 0 Å². The first-order chi connectivity index (χ1) is 26.9. The van der Waals surface area contributed by atoms with Gasteiger partial charge in [-0.05, 0) is 104 Å². The largest absolute Gasteiger partial charge is 0.462 e. The van der Waals surface area contributed by atoms with Gasteiger partial charge in [-0.2, -0.15) is 0 Å². The van der Waals surface area contributed by atoms with Gasteiger partial charge in [0.2, 0.25) is 0 Å². The predicted octanol–water partition coefficient (Wildman–Crippen LogP) is 6.66. The Morgan fingerprint density at radius 2 is 1.79 bits per heavy atom. The molecule has 0 bridgehead atoms. The van der Waals surface area contributed by atoms with E-state index in [0.29, 0.717) is 19.1 Å². The topological polar surface area (TPSA) is 124 Å². The number of hydrogen-bond acceptors (Lipinski definition) is 13. The van der Waals surface area contributed by atoms with E-state index in [4.69, 9.17) is 42.9 Å². The third kappa shape index (κ3) is 9.47. The maximum Gasteiger partial charge on any atom is 0.306 e. The van der Waals surface area contributed by atoms with Crippen LogP contribution in [0.2, 0.25) is 0 Å². The molecule has 3 aliphatic carbocycles. The summed E-state index contributed by atoms with van der Waals surface area (Å²) >= 11 is 1.68. The molecule has 13 heteroatoms. The molecule has 0 radical (unpaired) electrons. The van der Waals surface area contributed by atoms with Gasteiger partial charge in [-0.15, -0.1) is 11.3 Å². The molecular weight excluding hydrogens is 737 g/mol. The summed E-state index contributed by atoms with van der Waals surface area (Å²) in [5.41, 5.74) is 3.67. The summed E-state index contributed by atoms with van der Waals surface area (Å²) in [5, 5.41) is 0. The minimum atomic E-state index is -0.670. The van der Waals surface area contributed by atoms with Gasteiger partial charge >= 0.3 is 5.97 Å². The Hall–Kier alpha value is -1.81. The molecule has 3 fully saturated rings. The van der Waals surface area contributed by atoms with E-state index in [1.807, 2.05) is 26.3 Å². The number of fused-ring (bicyclic) bond motifs is 8. The van der Waals surface area contributed by atoms with Crippen LogP contribution in [0.25, 0.3) is 0 Å². The molecule has 0 aromatic carbocycles. The van der Waals surface area contributed by atoms with E-state index in [1.54, 1.807) is 32.7 Å². The molecule has 1 aromatic rings. The van der Waals surface area contributed by atoms with Crippen molar-refractivity contribution in [3.63, 3.8) is 0 Å². The zero-order valence-corrected chi connectivity index (χ0v) is 36.2. The normalized spacial score (nSPS) is 37.2. The molecule has 6 rings (SSSR count). The number of allylic oxidation sites excluding steroid dienone is 2. The van der Waals surface area contributed by atoms with Crippen LogP contribution in [0.1, 0.15) is 115 Å². The van der Waals surface area contributed by atoms with Crippen LogP contribution in [0, 0.1) is 23.7 Å². The molecule has 3 heterocycles. The number of Topliss-reactive ketones (excluding diaryl/α,β-unsaturated/α-hetero) is 1. The van der Waals surface area contributed by atoms with Crippen molar-refractivity contribution in [1.29, 1.82) is 0 Å². The van der Waals surface area contributed by atoms with Crippen molar-refractivity contribution < 1.29 is 47.5 Å². The summed E-state index contributed by atoms with van der Waals surface area (Å²) < 4.78 is 49.5. The Bertz CT molecular complexity index is 1490. The molecule has 0 N–H and O–H groups in total. The van der Waals surface area contributed by atoms with Crippen molar-refractivity contribution in [3.05, 3.63) is 27.7 Å². The van der Waals surface area contributed by atoms with E-state index in [1.165, 1.54) is 4.88 Å². The smallest absolute Gasteiger partial charge is 0.306 e. The molecule has 1 aromatic heterocycles. The Morgan fingerprint density at radius 3 is 2.46 bits per heavy atom. The number of cyclic esters (lactones) is 1. The first kappa shape index (κ1) is 43.8. The third-order valence-corrected chi connectivity index (χ3v) is 14.6. The fraction of sp³-hybridized carbons (Fsp3) is 0.837. The highest BCUT2D eigenvalue weighted by Crippen LogP contribution is 2.62. The SMILES string of the molecule is CC[C@H]1CCC[C@H](O[C@H]2CC[C@H](N(C)C)C(C)O2)[C@@H](C)C(=O)C2=C[C@H]3[C@@H]4C[C@H](OC(OC(C)[C@@H](C)OC)[C@H](COC)OC)C[C@H]4c4scnc4[C@H]3[C@@H]2CC(=O)O1. The first-order valence-electron chi connectivity index (χ1n) is 21.1. The number of aromatic nitrogens is 1. The van der Waals surface area contributed by atoms with E-state index in [-0.39, 0.29) is 90.7 Å². The van der Waals surface area contributed by atoms with Gasteiger partial charge in [-0.1, -0.05) is 19.9 Å². The van der Waals surface area contributed by atoms with E-state index in [0.717, 1.165) is 56.2 Å². The molecule has 316 valence electrons. The number of carbonyl (C=O) groups is 2. The van der Waals surface area contributed by atoms with Gasteiger partial charge in [0, 0.05) is 55.9 Å². The van der Waals surface area contributed by atoms with Crippen LogP contribution in [0.3, 0.4) is 0 Å². The molecular formula is C43H68N2O10S. The second-order valence-corrected chi connectivity index (χ2v) is 18.1. The van der Waals surface area contributed by atoms with Crippen molar-refractivity contribution in [2.45, 2.75) is 166 Å². The van der Waals surface area contributed by atoms with Crippen LogP contribution in [0.5, 0.6) is 0 Å². The number of methoxy groups -OCH3 is 3. The summed E-state index contributed by atoms with van der Waals surface area (Å²) in [7, 11) is 9.14. The molecule has 2 saturated heterocycles. The highest BCUT2D eigenvalue weighted by molar-refractivity contribution is 7.09. The quantitative estimate of drug-likeness (QED) is 0.148. The van der Waals surface area contributed by atoms with Gasteiger partial charge in [0.15, 0.2) is 18.4 Å². The molecule has 1 saturated carbocycles. The summed E-state index contributed by atoms with van der Waals surface area (Å²) in [6.07, 6.45) is 6.18. The molecule has 12 nitrogen and oxygen atoms in total. The van der Waals surface area contributed by atoms with Crippen LogP contribution in [-0.2, 0) is 47.5 Å². The number of nitrogens with zero attached hydrogens (tertiary/aromatic N) is 2. The van der Waals surface area contributed by atoms with Crippen molar-refractivity contribution in [2.24, 2.45) is 23.7 Å². The average Bonchev–Trinajstić information content (AvgIpc) is 3.91. The number of esters is 1. The molecule has 2 aliphatic heterocycles. The zero-order chi connectivity index (χ0) is 40.3. The minimum absolute atomic E-state index is 0.0214. The fourth-order valence-corrected chi connectivity index (χ4v) is 11.3. The maximum atomic E-state index is 14.9. The van der Waals surface area contributed by atoms with Crippen molar-refractivity contribution in [3.8, 4) is 0 Å². The van der Waals surface area contributed by atoms with E-state index >= 15 is 0 Å². The van der Waals surface area contributed by atoms with Gasteiger partial charge in [0.25, 0.3) is 0 Å². The maximum absolute atomic E-state index is 14.9. The number of hydrogen-bond donors (Lipinski definition) is 0. The molecule has 0 spiro atoms. The van der Waals surface area contributed by atoms with Crippen molar-refractivity contribution in [2.75, 3.05) is 42.0 Å². The lowest BCUT2D eigenvalue weighted by Crippen LogP contribution is -2.47. The Labute approximate surface area is 338 Å². The third-order valence-electron chi connectivity index (χ3n) is 13.6. The summed E-state index contributed by atoms with van der Waals surface area (Å²) in [5.74, 6) is -0.594. The number of ether oxygens (including phenoxy) is 8. The Kier molecular flexibility index (Phi) is 15.2. The van der Waals surface area contributed by atoms with Crippen molar-refractivity contribution in [1.82, 2.24) is 9.88 Å². The Morgan fingerprint density at radius 1 is 1.00 bits per heavy atom. The van der Waals surface area contributed by atoms with E-state index in [2.05, 4.69) is 38.9 Å². The summed E-state index contributed by atoms with van der Waals surface area (Å²) in [4.78, 5) is 37.1. The number of likely N-dealkylation sites (N-methyl/N-ethyl adjacent to an activating group) is 1. The lowest BCUT2D eigenvalue weighted by Gasteiger charge is -2.40. The van der Waals surface area contributed by atoms with Gasteiger partial charge in [-0.25, -0.2) is 4.98 Å². The van der Waals surface area contributed by atoms with Gasteiger partial charge in [0.1, 0.15) is 12.2 Å². The fourth-order valence-electron chi connectivity index (χ4n) is 10.2. The summed E-state index contributed by atoms with van der Waals surface area (Å²) in [6, 6.07) is 0.325. The summed E-state index contributed by atoms with van der Waals surface area (Å²) in [6.45, 7) is 10.4. The van der Waals surface area contributed by atoms with Crippen molar-refractivity contribution >= 4 is 23.1 Å². The van der Waals surface area contributed by atoms with Crippen LogP contribution in [0.15, 0.2) is 17.2 Å². The molecule has 16 atom stereocenters. The zero-order valence-electron chi connectivity index (χ0n) is 35.3. The van der Waals surface area contributed by atoms with Crippen LogP contribution < -0.4 is 0 Å². The van der Waals surface area contributed by atoms with E-state index < -0.39 is 18.3 Å². The lowest BCUT2D eigenvalue weighted by molar-refractivity contribution is -0.255. The predicted molar refractivity (Wildman–Crippen MR) is 212 cm³/mol. The van der Waals surface area contributed by atoms with Gasteiger partial charge in [0.05, 0.1) is 54.8 Å². The molecule has 5 aliphatic rings. The monoisotopic (exact) mass is 804 g/mol. The highest BCUT2D eigenvalue weighted by Gasteiger charge is 2.56. The van der Waals surface area contributed by atoms with E-state index in [9.17, 15) is 9.59 Å². The molecule has 0 amide bonds. The molecule has 56 heavy (non-hydrogen) atoms. The lowest BCUT2D eigenvalue weighted by atomic mass is 9.67. The number of carbonyl (C=O) groups excluding carboxylic acids is 2.